The molecule has 0 heterocycles. The van der Waals surface area contributed by atoms with Crippen LogP contribution in [0.25, 0.3) is 0 Å². The molecular weight excluding hydrogens is 213 g/mol. The van der Waals surface area contributed by atoms with E-state index in [-0.39, 0.29) is 5.82 Å². The van der Waals surface area contributed by atoms with E-state index in [4.69, 9.17) is 0 Å². The molecule has 1 aromatic carbocycles. The minimum atomic E-state index is -0.108. The van der Waals surface area contributed by atoms with Crippen LogP contribution < -0.4 is 5.32 Å². The van der Waals surface area contributed by atoms with Crippen LogP contribution in [0, 0.1) is 17.7 Å². The first-order valence-corrected chi connectivity index (χ1v) is 6.74. The van der Waals surface area contributed by atoms with Gasteiger partial charge < -0.3 is 5.32 Å². The molecular formula is C15H22FN. The van der Waals surface area contributed by atoms with E-state index in [9.17, 15) is 4.39 Å². The van der Waals surface area contributed by atoms with Crippen molar-refractivity contribution in [1.29, 1.82) is 0 Å². The normalized spacial score (nSPS) is 24.1. The van der Waals surface area contributed by atoms with E-state index < -0.39 is 0 Å². The number of rotatable bonds is 5. The molecule has 1 nitrogen and oxygen atoms in total. The van der Waals surface area contributed by atoms with Gasteiger partial charge in [0.15, 0.2) is 0 Å². The molecule has 2 atom stereocenters. The van der Waals surface area contributed by atoms with Crippen molar-refractivity contribution >= 4 is 0 Å². The lowest BCUT2D eigenvalue weighted by molar-refractivity contribution is 0.368. The molecule has 2 heteroatoms. The van der Waals surface area contributed by atoms with Gasteiger partial charge in [-0.25, -0.2) is 4.39 Å². The minimum Gasteiger partial charge on any atom is -0.317 e. The van der Waals surface area contributed by atoms with Gasteiger partial charge in [0, 0.05) is 0 Å². The highest BCUT2D eigenvalue weighted by Gasteiger charge is 2.26. The van der Waals surface area contributed by atoms with Crippen LogP contribution in [0.15, 0.2) is 24.3 Å². The molecule has 1 fully saturated rings. The number of nitrogens with one attached hydrogen (secondary N) is 1. The van der Waals surface area contributed by atoms with Crippen LogP contribution in [0.4, 0.5) is 4.39 Å². The maximum atomic E-state index is 13.1. The summed E-state index contributed by atoms with van der Waals surface area (Å²) in [6.45, 7) is 4.32. The van der Waals surface area contributed by atoms with E-state index in [0.717, 1.165) is 36.9 Å². The highest BCUT2D eigenvalue weighted by Crippen LogP contribution is 2.33. The maximum Gasteiger partial charge on any atom is 0.123 e. The predicted molar refractivity (Wildman–Crippen MR) is 69.5 cm³/mol. The summed E-state index contributed by atoms with van der Waals surface area (Å²) in [5.41, 5.74) is 1.15. The lowest BCUT2D eigenvalue weighted by Gasteiger charge is -2.19. The third kappa shape index (κ3) is 3.53. The van der Waals surface area contributed by atoms with Crippen LogP contribution in [-0.2, 0) is 6.42 Å². The third-order valence-electron chi connectivity index (χ3n) is 3.86. The van der Waals surface area contributed by atoms with Gasteiger partial charge in [0.05, 0.1) is 0 Å². The monoisotopic (exact) mass is 235 g/mol. The summed E-state index contributed by atoms with van der Waals surface area (Å²) < 4.78 is 13.1. The zero-order valence-electron chi connectivity index (χ0n) is 10.6. The van der Waals surface area contributed by atoms with E-state index in [1.165, 1.54) is 25.3 Å². The molecule has 1 N–H and O–H groups in total. The van der Waals surface area contributed by atoms with Gasteiger partial charge in [-0.2, -0.15) is 0 Å². The summed E-state index contributed by atoms with van der Waals surface area (Å²) in [6.07, 6.45) is 4.99. The molecule has 0 aromatic heterocycles. The van der Waals surface area contributed by atoms with Crippen molar-refractivity contribution in [1.82, 2.24) is 5.32 Å². The Balaban J connectivity index is 1.93. The Hall–Kier alpha value is -0.890. The van der Waals surface area contributed by atoms with Gasteiger partial charge in [-0.15, -0.1) is 0 Å². The second kappa shape index (κ2) is 6.15. The number of benzene rings is 1. The first-order valence-electron chi connectivity index (χ1n) is 6.74. The summed E-state index contributed by atoms with van der Waals surface area (Å²) in [7, 11) is 0. The van der Waals surface area contributed by atoms with Crippen LogP contribution in [-0.4, -0.2) is 13.1 Å². The molecule has 1 aliphatic rings. The van der Waals surface area contributed by atoms with Gasteiger partial charge in [-0.3, -0.25) is 0 Å². The summed E-state index contributed by atoms with van der Waals surface area (Å²) in [5.74, 6) is 1.40. The second-order valence-corrected chi connectivity index (χ2v) is 5.09. The number of hydrogen-bond donors (Lipinski definition) is 1. The number of hydrogen-bond acceptors (Lipinski definition) is 1. The third-order valence-corrected chi connectivity index (χ3v) is 3.86. The fraction of sp³-hybridized carbons (Fsp3) is 0.600. The lowest BCUT2D eigenvalue weighted by atomic mass is 9.89. The van der Waals surface area contributed by atoms with Crippen molar-refractivity contribution in [3.63, 3.8) is 0 Å². The van der Waals surface area contributed by atoms with Gasteiger partial charge in [-0.1, -0.05) is 25.5 Å². The van der Waals surface area contributed by atoms with Crippen molar-refractivity contribution in [2.45, 2.75) is 32.6 Å². The molecule has 0 saturated heterocycles. The van der Waals surface area contributed by atoms with E-state index in [1.54, 1.807) is 6.07 Å². The SMILES string of the molecule is CCNCC1CCCC1Cc1cccc(F)c1. The van der Waals surface area contributed by atoms with E-state index >= 15 is 0 Å². The van der Waals surface area contributed by atoms with Crippen molar-refractivity contribution in [3.8, 4) is 0 Å². The van der Waals surface area contributed by atoms with Crippen molar-refractivity contribution in [3.05, 3.63) is 35.6 Å². The average molecular weight is 235 g/mol. The minimum absolute atomic E-state index is 0.108. The lowest BCUT2D eigenvalue weighted by Crippen LogP contribution is -2.25. The van der Waals surface area contributed by atoms with E-state index in [1.807, 2.05) is 12.1 Å². The molecule has 1 aliphatic carbocycles. The maximum absolute atomic E-state index is 13.1. The smallest absolute Gasteiger partial charge is 0.123 e. The first kappa shape index (κ1) is 12.6. The fourth-order valence-corrected chi connectivity index (χ4v) is 2.95. The van der Waals surface area contributed by atoms with Gasteiger partial charge in [0.1, 0.15) is 5.82 Å². The van der Waals surface area contributed by atoms with Gasteiger partial charge in [-0.05, 0) is 61.9 Å². The molecule has 0 bridgehead atoms. The Kier molecular flexibility index (Phi) is 4.55. The van der Waals surface area contributed by atoms with Crippen molar-refractivity contribution in [2.24, 2.45) is 11.8 Å². The molecule has 1 aromatic rings. The molecule has 94 valence electrons. The summed E-state index contributed by atoms with van der Waals surface area (Å²) >= 11 is 0. The second-order valence-electron chi connectivity index (χ2n) is 5.09. The Labute approximate surface area is 103 Å². The Morgan fingerprint density at radius 1 is 1.29 bits per heavy atom. The molecule has 0 amide bonds. The van der Waals surface area contributed by atoms with Crippen LogP contribution in [0.3, 0.4) is 0 Å². The summed E-state index contributed by atoms with van der Waals surface area (Å²) in [5, 5.41) is 3.44. The Morgan fingerprint density at radius 2 is 2.12 bits per heavy atom. The predicted octanol–water partition coefficient (Wildman–Crippen LogP) is 3.39. The first-order chi connectivity index (χ1) is 8.29. The fourth-order valence-electron chi connectivity index (χ4n) is 2.95. The summed E-state index contributed by atoms with van der Waals surface area (Å²) in [4.78, 5) is 0. The zero-order valence-corrected chi connectivity index (χ0v) is 10.6. The van der Waals surface area contributed by atoms with E-state index in [2.05, 4.69) is 12.2 Å². The van der Waals surface area contributed by atoms with Crippen LogP contribution >= 0.6 is 0 Å². The van der Waals surface area contributed by atoms with Gasteiger partial charge in [0.2, 0.25) is 0 Å². The molecule has 0 radical (unpaired) electrons. The standard InChI is InChI=1S/C15H22FN/c1-2-17-11-14-7-4-6-13(14)9-12-5-3-8-15(16)10-12/h3,5,8,10,13-14,17H,2,4,6-7,9,11H2,1H3. The van der Waals surface area contributed by atoms with Crippen LogP contribution in [0.5, 0.6) is 0 Å². The topological polar surface area (TPSA) is 12.0 Å². The highest BCUT2D eigenvalue weighted by molar-refractivity contribution is 5.17. The zero-order chi connectivity index (χ0) is 12.1. The molecule has 2 unspecified atom stereocenters. The molecule has 0 aliphatic heterocycles. The molecule has 0 spiro atoms. The highest BCUT2D eigenvalue weighted by atomic mass is 19.1. The van der Waals surface area contributed by atoms with E-state index in [0.29, 0.717) is 0 Å². The van der Waals surface area contributed by atoms with Crippen molar-refractivity contribution in [2.75, 3.05) is 13.1 Å². The quantitative estimate of drug-likeness (QED) is 0.825. The van der Waals surface area contributed by atoms with Gasteiger partial charge >= 0.3 is 0 Å². The molecule has 2 rings (SSSR count). The van der Waals surface area contributed by atoms with Crippen LogP contribution in [0.2, 0.25) is 0 Å². The van der Waals surface area contributed by atoms with Crippen LogP contribution in [0.1, 0.15) is 31.7 Å². The Bertz CT molecular complexity index is 351. The molecule has 17 heavy (non-hydrogen) atoms. The largest absolute Gasteiger partial charge is 0.317 e. The number of halogens is 1. The van der Waals surface area contributed by atoms with Gasteiger partial charge in [0.25, 0.3) is 0 Å². The van der Waals surface area contributed by atoms with Crippen molar-refractivity contribution < 1.29 is 4.39 Å². The average Bonchev–Trinajstić information content (AvgIpc) is 2.74. The summed E-state index contributed by atoms with van der Waals surface area (Å²) in [6, 6.07) is 7.07. The molecule has 1 saturated carbocycles. The Morgan fingerprint density at radius 3 is 2.88 bits per heavy atom.